The zero-order valence-corrected chi connectivity index (χ0v) is 13.5. The summed E-state index contributed by atoms with van der Waals surface area (Å²) < 4.78 is 0. The summed E-state index contributed by atoms with van der Waals surface area (Å²) in [6.07, 6.45) is 10.1. The summed E-state index contributed by atoms with van der Waals surface area (Å²) in [6.45, 7) is 5.54. The average molecular weight is 294 g/mol. The molecule has 4 nitrogen and oxygen atoms in total. The smallest absolute Gasteiger partial charge is 0.207 e. The molecule has 3 aliphatic rings. The maximum atomic E-state index is 10.6. The van der Waals surface area contributed by atoms with E-state index < -0.39 is 0 Å². The van der Waals surface area contributed by atoms with Gasteiger partial charge in [-0.3, -0.25) is 9.63 Å². The van der Waals surface area contributed by atoms with Gasteiger partial charge in [-0.1, -0.05) is 13.8 Å². The summed E-state index contributed by atoms with van der Waals surface area (Å²) in [6, 6.07) is 1.08. The molecule has 0 radical (unpaired) electrons. The molecule has 3 rings (SSSR count). The minimum absolute atomic E-state index is 0.410. The first kappa shape index (κ1) is 15.3. The molecule has 3 fully saturated rings. The lowest BCUT2D eigenvalue weighted by atomic mass is 9.70. The van der Waals surface area contributed by atoms with Gasteiger partial charge in [0.15, 0.2) is 0 Å². The first-order valence-corrected chi connectivity index (χ1v) is 8.76. The molecule has 0 aromatic heterocycles. The van der Waals surface area contributed by atoms with Crippen molar-refractivity contribution in [2.75, 3.05) is 6.73 Å². The highest BCUT2D eigenvalue weighted by Gasteiger charge is 2.38. The second-order valence-corrected chi connectivity index (χ2v) is 7.68. The number of amides is 1. The van der Waals surface area contributed by atoms with E-state index in [2.05, 4.69) is 24.2 Å². The zero-order valence-electron chi connectivity index (χ0n) is 13.5. The molecule has 2 saturated carbocycles. The van der Waals surface area contributed by atoms with Crippen molar-refractivity contribution in [3.8, 4) is 0 Å². The van der Waals surface area contributed by atoms with E-state index in [9.17, 15) is 4.79 Å². The van der Waals surface area contributed by atoms with Crippen molar-refractivity contribution in [1.29, 1.82) is 0 Å². The number of carbonyl (C=O) groups is 1. The Hall–Kier alpha value is -0.610. The number of nitrogens with zero attached hydrogens (tertiary/aromatic N) is 1. The molecule has 0 bridgehead atoms. The van der Waals surface area contributed by atoms with E-state index in [1.54, 1.807) is 0 Å². The van der Waals surface area contributed by atoms with Crippen LogP contribution in [0.3, 0.4) is 0 Å². The van der Waals surface area contributed by atoms with Crippen molar-refractivity contribution in [1.82, 2.24) is 10.4 Å². The topological polar surface area (TPSA) is 44.6 Å². The Labute approximate surface area is 128 Å². The normalized spacial score (nSPS) is 46.9. The van der Waals surface area contributed by atoms with Crippen LogP contribution in [0.25, 0.3) is 0 Å². The Morgan fingerprint density at radius 3 is 2.33 bits per heavy atom. The first-order chi connectivity index (χ1) is 10.2. The highest BCUT2D eigenvalue weighted by atomic mass is 16.8. The number of hydrogen-bond donors (Lipinski definition) is 1. The molecule has 1 amide bonds. The molecule has 2 aliphatic carbocycles. The van der Waals surface area contributed by atoms with Gasteiger partial charge in [-0.15, -0.1) is 0 Å². The lowest BCUT2D eigenvalue weighted by Crippen LogP contribution is -2.39. The maximum absolute atomic E-state index is 10.6. The van der Waals surface area contributed by atoms with Crippen LogP contribution in [0.4, 0.5) is 0 Å². The number of nitrogens with one attached hydrogen (secondary N) is 1. The van der Waals surface area contributed by atoms with Gasteiger partial charge in [0.1, 0.15) is 6.73 Å². The summed E-state index contributed by atoms with van der Waals surface area (Å²) in [5.74, 6) is 3.19. The maximum Gasteiger partial charge on any atom is 0.207 e. The van der Waals surface area contributed by atoms with Crippen molar-refractivity contribution in [3.05, 3.63) is 0 Å². The minimum atomic E-state index is 0.410. The second kappa shape index (κ2) is 6.66. The number of carbonyl (C=O) groups excluding carboxylic acids is 1. The van der Waals surface area contributed by atoms with Gasteiger partial charge in [-0.2, -0.15) is 5.06 Å². The van der Waals surface area contributed by atoms with Gasteiger partial charge in [-0.25, -0.2) is 0 Å². The van der Waals surface area contributed by atoms with Gasteiger partial charge in [0.25, 0.3) is 0 Å². The van der Waals surface area contributed by atoms with E-state index in [-0.39, 0.29) is 0 Å². The van der Waals surface area contributed by atoms with Crippen molar-refractivity contribution in [2.24, 2.45) is 23.7 Å². The Morgan fingerprint density at radius 1 is 1.10 bits per heavy atom. The van der Waals surface area contributed by atoms with E-state index in [4.69, 9.17) is 4.84 Å². The summed E-state index contributed by atoms with van der Waals surface area (Å²) in [5.41, 5.74) is 0. The fraction of sp³-hybridized carbons (Fsp3) is 0.941. The molecule has 1 saturated heterocycles. The lowest BCUT2D eigenvalue weighted by molar-refractivity contribution is -0.110. The molecule has 4 heteroatoms. The monoisotopic (exact) mass is 294 g/mol. The first-order valence-electron chi connectivity index (χ1n) is 8.76. The van der Waals surface area contributed by atoms with Gasteiger partial charge in [0, 0.05) is 12.1 Å². The Bertz CT molecular complexity index is 359. The quantitative estimate of drug-likeness (QED) is 0.626. The Morgan fingerprint density at radius 2 is 1.76 bits per heavy atom. The Kier molecular flexibility index (Phi) is 4.85. The van der Waals surface area contributed by atoms with Gasteiger partial charge >= 0.3 is 0 Å². The molecule has 21 heavy (non-hydrogen) atoms. The van der Waals surface area contributed by atoms with Crippen LogP contribution in [0.2, 0.25) is 0 Å². The molecule has 0 spiro atoms. The van der Waals surface area contributed by atoms with Gasteiger partial charge in [-0.05, 0) is 68.6 Å². The van der Waals surface area contributed by atoms with Crippen LogP contribution in [-0.2, 0) is 9.63 Å². The third kappa shape index (κ3) is 3.78. The summed E-state index contributed by atoms with van der Waals surface area (Å²) in [7, 11) is 0. The fourth-order valence-electron chi connectivity index (χ4n) is 4.89. The van der Waals surface area contributed by atoms with E-state index in [0.717, 1.165) is 37.3 Å². The fourth-order valence-corrected chi connectivity index (χ4v) is 4.89. The highest BCUT2D eigenvalue weighted by Crippen LogP contribution is 2.41. The largest absolute Gasteiger partial charge is 0.356 e. The standard InChI is InChI=1S/C17H30N2O2/c1-12-7-14(3-5-16(12)18-10-20)9-15-4-6-17(13(2)8-15)19-11-21-19/h10,12-17H,3-9,11H2,1-2H3,(H,18,20). The number of hydroxylamine groups is 2. The predicted molar refractivity (Wildman–Crippen MR) is 82.2 cm³/mol. The van der Waals surface area contributed by atoms with E-state index in [1.165, 1.54) is 38.5 Å². The predicted octanol–water partition coefficient (Wildman–Crippen LogP) is 2.94. The SMILES string of the molecule is CC1CC(CC2CCC(N3CO3)C(C)C2)CCC1NC=O. The molecule has 7 unspecified atom stereocenters. The van der Waals surface area contributed by atoms with E-state index in [0.29, 0.717) is 18.0 Å². The molecule has 7 atom stereocenters. The summed E-state index contributed by atoms with van der Waals surface area (Å²) in [4.78, 5) is 16.0. The Balaban J connectivity index is 1.44. The van der Waals surface area contributed by atoms with Crippen LogP contribution in [0.1, 0.15) is 58.8 Å². The van der Waals surface area contributed by atoms with Crippen LogP contribution in [0, 0.1) is 23.7 Å². The molecule has 1 aliphatic heterocycles. The molecular formula is C17H30N2O2. The van der Waals surface area contributed by atoms with Crippen molar-refractivity contribution in [2.45, 2.75) is 70.9 Å². The van der Waals surface area contributed by atoms with E-state index >= 15 is 0 Å². The molecule has 1 N–H and O–H groups in total. The highest BCUT2D eigenvalue weighted by molar-refractivity contribution is 5.46. The average Bonchev–Trinajstić information content (AvgIpc) is 3.27. The minimum Gasteiger partial charge on any atom is -0.356 e. The van der Waals surface area contributed by atoms with Gasteiger partial charge in [0.05, 0.1) is 0 Å². The van der Waals surface area contributed by atoms with Crippen LogP contribution >= 0.6 is 0 Å². The van der Waals surface area contributed by atoms with Crippen LogP contribution in [-0.4, -0.2) is 30.3 Å². The third-order valence-corrected chi connectivity index (χ3v) is 6.11. The number of rotatable bonds is 5. The molecule has 120 valence electrons. The number of hydrogen-bond acceptors (Lipinski definition) is 3. The van der Waals surface area contributed by atoms with Gasteiger partial charge in [0.2, 0.25) is 6.41 Å². The van der Waals surface area contributed by atoms with E-state index in [1.807, 2.05) is 0 Å². The molecule has 0 aromatic rings. The van der Waals surface area contributed by atoms with Crippen molar-refractivity contribution >= 4 is 6.41 Å². The third-order valence-electron chi connectivity index (χ3n) is 6.11. The van der Waals surface area contributed by atoms with Gasteiger partial charge < -0.3 is 5.32 Å². The van der Waals surface area contributed by atoms with Crippen molar-refractivity contribution in [3.63, 3.8) is 0 Å². The second-order valence-electron chi connectivity index (χ2n) is 7.68. The van der Waals surface area contributed by atoms with Crippen LogP contribution in [0.15, 0.2) is 0 Å². The van der Waals surface area contributed by atoms with Crippen LogP contribution < -0.4 is 5.32 Å². The molecule has 1 heterocycles. The summed E-state index contributed by atoms with van der Waals surface area (Å²) in [5, 5.41) is 5.16. The lowest BCUT2D eigenvalue weighted by Gasteiger charge is -2.38. The molecule has 0 aromatic carbocycles. The zero-order chi connectivity index (χ0) is 14.8. The van der Waals surface area contributed by atoms with Crippen molar-refractivity contribution < 1.29 is 9.63 Å². The molecular weight excluding hydrogens is 264 g/mol. The summed E-state index contributed by atoms with van der Waals surface area (Å²) >= 11 is 0. The van der Waals surface area contributed by atoms with Crippen LogP contribution in [0.5, 0.6) is 0 Å².